The lowest BCUT2D eigenvalue weighted by Crippen LogP contribution is -2.53. The van der Waals surface area contributed by atoms with E-state index in [-0.39, 0.29) is 36.8 Å². The van der Waals surface area contributed by atoms with E-state index in [2.05, 4.69) is 20.8 Å². The highest BCUT2D eigenvalue weighted by Gasteiger charge is 2.40. The van der Waals surface area contributed by atoms with Crippen LogP contribution < -0.4 is 0 Å². The largest absolute Gasteiger partial charge is 0.463 e. The summed E-state index contributed by atoms with van der Waals surface area (Å²) in [6, 6.07) is 0. The number of hydrogen-bond acceptors (Lipinski definition) is 5. The van der Waals surface area contributed by atoms with Gasteiger partial charge in [-0.15, -0.1) is 0 Å². The molecule has 0 aliphatic carbocycles. The Balaban J connectivity index is 2.65. The number of ether oxygens (including phenoxy) is 4. The van der Waals surface area contributed by atoms with Gasteiger partial charge in [-0.2, -0.15) is 0 Å². The van der Waals surface area contributed by atoms with Crippen molar-refractivity contribution in [2.24, 2.45) is 5.92 Å². The van der Waals surface area contributed by atoms with Crippen LogP contribution in [-0.4, -0.2) is 50.7 Å². The maximum atomic E-state index is 11.1. The van der Waals surface area contributed by atoms with Crippen molar-refractivity contribution in [3.63, 3.8) is 0 Å². The molecule has 1 fully saturated rings. The molecule has 5 nitrogen and oxygen atoms in total. The van der Waals surface area contributed by atoms with E-state index >= 15 is 0 Å². The number of esters is 1. The van der Waals surface area contributed by atoms with Crippen LogP contribution in [0.15, 0.2) is 0 Å². The molecule has 2 unspecified atom stereocenters. The lowest BCUT2D eigenvalue weighted by molar-refractivity contribution is -0.210. The molecule has 130 valence electrons. The molecule has 1 saturated heterocycles. The highest BCUT2D eigenvalue weighted by molar-refractivity contribution is 5.65. The molecular formula is C17H32O5. The standard InChI is InChI=1S/C17H32O5/c1-5-7-9-19-16-13(3)11-22-15(12-21-14(4)18)17(16)20-10-8-6-2/h13,15-17H,5-12H2,1-4H3/t13-,15?,16?,17+/m1/s1. The zero-order valence-electron chi connectivity index (χ0n) is 14.5. The molecule has 0 bridgehead atoms. The van der Waals surface area contributed by atoms with E-state index in [1.54, 1.807) is 0 Å². The average molecular weight is 316 g/mol. The van der Waals surface area contributed by atoms with Gasteiger partial charge in [-0.05, 0) is 12.8 Å². The highest BCUT2D eigenvalue weighted by Crippen LogP contribution is 2.26. The quantitative estimate of drug-likeness (QED) is 0.458. The van der Waals surface area contributed by atoms with Gasteiger partial charge in [0.15, 0.2) is 0 Å². The summed E-state index contributed by atoms with van der Waals surface area (Å²) in [6.45, 7) is 10.1. The SMILES string of the molecule is CCCCOC1[C@@H](OCCCC)C(COC(C)=O)OC[C@H]1C. The molecule has 0 aromatic carbocycles. The van der Waals surface area contributed by atoms with E-state index in [1.165, 1.54) is 6.92 Å². The van der Waals surface area contributed by atoms with Gasteiger partial charge in [-0.1, -0.05) is 33.6 Å². The number of unbranched alkanes of at least 4 members (excludes halogenated alkanes) is 2. The second-order valence-corrected chi connectivity index (χ2v) is 6.03. The summed E-state index contributed by atoms with van der Waals surface area (Å²) in [6.07, 6.45) is 3.81. The topological polar surface area (TPSA) is 54.0 Å². The fraction of sp³-hybridized carbons (Fsp3) is 0.941. The normalized spacial score (nSPS) is 28.5. The molecule has 0 aromatic heterocycles. The first-order valence-corrected chi connectivity index (χ1v) is 8.58. The van der Waals surface area contributed by atoms with Gasteiger partial charge in [0.2, 0.25) is 0 Å². The monoisotopic (exact) mass is 316 g/mol. The molecule has 22 heavy (non-hydrogen) atoms. The van der Waals surface area contributed by atoms with Crippen molar-refractivity contribution < 1.29 is 23.7 Å². The zero-order valence-corrected chi connectivity index (χ0v) is 14.5. The summed E-state index contributed by atoms with van der Waals surface area (Å²) in [4.78, 5) is 11.1. The summed E-state index contributed by atoms with van der Waals surface area (Å²) in [5.74, 6) is -0.0185. The van der Waals surface area contributed by atoms with Crippen LogP contribution in [0, 0.1) is 5.92 Å². The minimum atomic E-state index is -0.294. The van der Waals surface area contributed by atoms with E-state index in [0.29, 0.717) is 13.2 Å². The maximum Gasteiger partial charge on any atom is 0.302 e. The molecule has 0 amide bonds. The van der Waals surface area contributed by atoms with Crippen LogP contribution >= 0.6 is 0 Å². The Morgan fingerprint density at radius 2 is 1.68 bits per heavy atom. The minimum Gasteiger partial charge on any atom is -0.463 e. The van der Waals surface area contributed by atoms with E-state index in [4.69, 9.17) is 18.9 Å². The smallest absolute Gasteiger partial charge is 0.302 e. The van der Waals surface area contributed by atoms with Crippen molar-refractivity contribution in [2.75, 3.05) is 26.4 Å². The summed E-state index contributed by atoms with van der Waals surface area (Å²) < 4.78 is 23.1. The van der Waals surface area contributed by atoms with Gasteiger partial charge in [-0.3, -0.25) is 4.79 Å². The van der Waals surface area contributed by atoms with Gasteiger partial charge in [-0.25, -0.2) is 0 Å². The van der Waals surface area contributed by atoms with Crippen LogP contribution in [0.3, 0.4) is 0 Å². The maximum absolute atomic E-state index is 11.1. The van der Waals surface area contributed by atoms with Crippen LogP contribution in [0.2, 0.25) is 0 Å². The Morgan fingerprint density at radius 1 is 1.09 bits per heavy atom. The third-order valence-corrected chi connectivity index (χ3v) is 3.89. The van der Waals surface area contributed by atoms with Crippen LogP contribution in [0.1, 0.15) is 53.4 Å². The molecule has 0 saturated carbocycles. The van der Waals surface area contributed by atoms with E-state index < -0.39 is 0 Å². The number of carbonyl (C=O) groups excluding carboxylic acids is 1. The molecule has 5 heteroatoms. The third-order valence-electron chi connectivity index (χ3n) is 3.89. The third kappa shape index (κ3) is 6.63. The molecule has 0 aromatic rings. The minimum absolute atomic E-state index is 0.00212. The number of carbonyl (C=O) groups is 1. The second kappa shape index (κ2) is 11.0. The lowest BCUT2D eigenvalue weighted by Gasteiger charge is -2.41. The molecule has 0 radical (unpaired) electrons. The molecule has 0 spiro atoms. The highest BCUT2D eigenvalue weighted by atomic mass is 16.6. The summed E-state index contributed by atoms with van der Waals surface area (Å²) in [5.41, 5.74) is 0. The van der Waals surface area contributed by atoms with Crippen molar-refractivity contribution in [3.8, 4) is 0 Å². The van der Waals surface area contributed by atoms with Crippen LogP contribution in [0.5, 0.6) is 0 Å². The number of rotatable bonds is 10. The Kier molecular flexibility index (Phi) is 9.68. The first kappa shape index (κ1) is 19.4. The molecule has 4 atom stereocenters. The summed E-state index contributed by atoms with van der Waals surface area (Å²) in [5, 5.41) is 0. The Bertz CT molecular complexity index is 307. The number of hydrogen-bond donors (Lipinski definition) is 0. The summed E-state index contributed by atoms with van der Waals surface area (Å²) in [7, 11) is 0. The molecule has 1 heterocycles. The summed E-state index contributed by atoms with van der Waals surface area (Å²) >= 11 is 0. The first-order valence-electron chi connectivity index (χ1n) is 8.58. The van der Waals surface area contributed by atoms with Gasteiger partial charge in [0, 0.05) is 26.1 Å². The van der Waals surface area contributed by atoms with E-state index in [1.807, 2.05) is 0 Å². The molecule has 1 rings (SSSR count). The van der Waals surface area contributed by atoms with Gasteiger partial charge in [0.05, 0.1) is 12.7 Å². The second-order valence-electron chi connectivity index (χ2n) is 6.03. The Labute approximate surface area is 134 Å². The average Bonchev–Trinajstić information content (AvgIpc) is 2.49. The molecule has 1 aliphatic heterocycles. The van der Waals surface area contributed by atoms with Gasteiger partial charge in [0.25, 0.3) is 0 Å². The van der Waals surface area contributed by atoms with Gasteiger partial charge < -0.3 is 18.9 Å². The molecular weight excluding hydrogens is 284 g/mol. The fourth-order valence-electron chi connectivity index (χ4n) is 2.53. The predicted molar refractivity (Wildman–Crippen MR) is 84.8 cm³/mol. The molecule has 1 aliphatic rings. The van der Waals surface area contributed by atoms with Crippen LogP contribution in [-0.2, 0) is 23.7 Å². The van der Waals surface area contributed by atoms with Gasteiger partial charge in [0.1, 0.15) is 18.8 Å². The fourth-order valence-corrected chi connectivity index (χ4v) is 2.53. The first-order chi connectivity index (χ1) is 10.6. The zero-order chi connectivity index (χ0) is 16.4. The van der Waals surface area contributed by atoms with Crippen molar-refractivity contribution in [3.05, 3.63) is 0 Å². The van der Waals surface area contributed by atoms with E-state index in [0.717, 1.165) is 32.3 Å². The van der Waals surface area contributed by atoms with Crippen molar-refractivity contribution in [1.29, 1.82) is 0 Å². The predicted octanol–water partition coefficient (Wildman–Crippen LogP) is 2.96. The van der Waals surface area contributed by atoms with Crippen LogP contribution in [0.4, 0.5) is 0 Å². The Morgan fingerprint density at radius 3 is 2.23 bits per heavy atom. The van der Waals surface area contributed by atoms with E-state index in [9.17, 15) is 4.79 Å². The van der Waals surface area contributed by atoms with Crippen molar-refractivity contribution in [2.45, 2.75) is 71.7 Å². The van der Waals surface area contributed by atoms with Crippen LogP contribution in [0.25, 0.3) is 0 Å². The van der Waals surface area contributed by atoms with Crippen molar-refractivity contribution in [1.82, 2.24) is 0 Å². The molecule has 0 N–H and O–H groups in total. The van der Waals surface area contributed by atoms with Crippen molar-refractivity contribution >= 4 is 5.97 Å². The Hall–Kier alpha value is -0.650. The van der Waals surface area contributed by atoms with Gasteiger partial charge >= 0.3 is 5.97 Å². The lowest BCUT2D eigenvalue weighted by atomic mass is 9.93.